The predicted molar refractivity (Wildman–Crippen MR) is 169 cm³/mol. The fraction of sp³-hybridized carbons (Fsp3) is 0.200. The predicted octanol–water partition coefficient (Wildman–Crippen LogP) is 5.32. The fourth-order valence-electron chi connectivity index (χ4n) is 4.32. The Morgan fingerprint density at radius 2 is 1.57 bits per heavy atom. The molecule has 2 amide bonds. The molecule has 0 radical (unpaired) electrons. The van der Waals surface area contributed by atoms with E-state index in [9.17, 15) is 9.59 Å². The Hall–Kier alpha value is -4.55. The first-order valence-electron chi connectivity index (χ1n) is 13.3. The lowest BCUT2D eigenvalue weighted by molar-refractivity contribution is -0.117. The third-order valence-electron chi connectivity index (χ3n) is 6.28. The maximum Gasteiger partial charge on any atom is 0.252 e. The summed E-state index contributed by atoms with van der Waals surface area (Å²) in [7, 11) is 0. The molecule has 12 heteroatoms. The van der Waals surface area contributed by atoms with Gasteiger partial charge in [0.1, 0.15) is 5.01 Å². The molecule has 0 atom stereocenters. The van der Waals surface area contributed by atoms with Crippen LogP contribution in [0, 0.1) is 5.41 Å². The van der Waals surface area contributed by atoms with Crippen molar-refractivity contribution in [3.63, 3.8) is 0 Å². The molecular weight excluding hydrogens is 569 g/mol. The van der Waals surface area contributed by atoms with E-state index in [1.165, 1.54) is 11.3 Å². The quantitative estimate of drug-likeness (QED) is 0.111. The third-order valence-corrected chi connectivity index (χ3v) is 7.92. The summed E-state index contributed by atoms with van der Waals surface area (Å²) in [6.07, 6.45) is 6.58. The van der Waals surface area contributed by atoms with Crippen LogP contribution in [0.15, 0.2) is 78.0 Å². The minimum absolute atomic E-state index is 0.0670. The smallest absolute Gasteiger partial charge is 0.252 e. The average Bonchev–Trinajstić information content (AvgIpc) is 3.41. The molecule has 5 aromatic rings. The Balaban J connectivity index is 1.00. The lowest BCUT2D eigenvalue weighted by atomic mass is 10.1. The van der Waals surface area contributed by atoms with Gasteiger partial charge >= 0.3 is 0 Å². The topological polar surface area (TPSA) is 160 Å². The largest absolute Gasteiger partial charge is 0.378 e. The van der Waals surface area contributed by atoms with Crippen LogP contribution in [0.5, 0.6) is 0 Å². The van der Waals surface area contributed by atoms with Crippen molar-refractivity contribution in [1.82, 2.24) is 20.2 Å². The van der Waals surface area contributed by atoms with Crippen LogP contribution in [0.2, 0.25) is 0 Å². The van der Waals surface area contributed by atoms with Crippen molar-refractivity contribution in [2.75, 3.05) is 5.32 Å². The number of anilines is 1. The number of hydrogen-bond acceptors (Lipinski definition) is 9. The van der Waals surface area contributed by atoms with Gasteiger partial charge in [0.15, 0.2) is 5.17 Å². The first-order chi connectivity index (χ1) is 20.4. The molecule has 3 aromatic heterocycles. The van der Waals surface area contributed by atoms with E-state index in [-0.39, 0.29) is 29.8 Å². The van der Waals surface area contributed by atoms with Crippen molar-refractivity contribution in [3.8, 4) is 0 Å². The number of aryl methyl sites for hydroxylation is 1. The number of nitrogens with zero attached hydrogens (tertiary/aromatic N) is 5. The van der Waals surface area contributed by atoms with Gasteiger partial charge in [0, 0.05) is 29.6 Å². The van der Waals surface area contributed by atoms with Gasteiger partial charge in [-0.25, -0.2) is 0 Å². The minimum Gasteiger partial charge on any atom is -0.378 e. The van der Waals surface area contributed by atoms with Gasteiger partial charge in [0.25, 0.3) is 5.91 Å². The van der Waals surface area contributed by atoms with Gasteiger partial charge in [-0.1, -0.05) is 35.6 Å². The van der Waals surface area contributed by atoms with E-state index < -0.39 is 0 Å². The Kier molecular flexibility index (Phi) is 9.57. The van der Waals surface area contributed by atoms with Gasteiger partial charge in [-0.2, -0.15) is 4.99 Å². The molecule has 0 bridgehead atoms. The first-order valence-corrected chi connectivity index (χ1v) is 15.0. The van der Waals surface area contributed by atoms with E-state index in [1.807, 2.05) is 60.7 Å². The number of amides is 2. The molecule has 42 heavy (non-hydrogen) atoms. The van der Waals surface area contributed by atoms with Gasteiger partial charge in [-0.05, 0) is 78.5 Å². The second kappa shape index (κ2) is 13.9. The summed E-state index contributed by atoms with van der Waals surface area (Å²) in [5.41, 5.74) is 9.41. The molecule has 0 aliphatic carbocycles. The van der Waals surface area contributed by atoms with Crippen LogP contribution in [0.4, 0.5) is 5.13 Å². The molecule has 0 unspecified atom stereocenters. The Bertz CT molecular complexity index is 1790. The lowest BCUT2D eigenvalue weighted by Gasteiger charge is -2.04. The van der Waals surface area contributed by atoms with Crippen molar-refractivity contribution in [1.29, 1.82) is 5.41 Å². The number of rotatable bonds is 10. The van der Waals surface area contributed by atoms with Crippen LogP contribution in [-0.4, -0.2) is 42.2 Å². The summed E-state index contributed by atoms with van der Waals surface area (Å²) in [5.74, 6) is -0.511. The number of nitrogens with one attached hydrogen (secondary N) is 2. The molecule has 0 aliphatic heterocycles. The number of nitrogens with two attached hydrogens (primary N) is 1. The number of amidine groups is 1. The average molecular weight is 597 g/mol. The van der Waals surface area contributed by atoms with Gasteiger partial charge in [-0.15, -0.1) is 10.2 Å². The van der Waals surface area contributed by atoms with Crippen LogP contribution < -0.4 is 11.1 Å². The highest BCUT2D eigenvalue weighted by molar-refractivity contribution is 8.26. The summed E-state index contributed by atoms with van der Waals surface area (Å²) < 4.78 is 0. The van der Waals surface area contributed by atoms with Crippen LogP contribution in [0.25, 0.3) is 21.8 Å². The highest BCUT2D eigenvalue weighted by atomic mass is 32.2. The molecule has 4 N–H and O–H groups in total. The molecule has 0 saturated carbocycles. The monoisotopic (exact) mass is 596 g/mol. The number of thioether (sulfide) groups is 1. The van der Waals surface area contributed by atoms with Crippen molar-refractivity contribution in [2.45, 2.75) is 38.5 Å². The van der Waals surface area contributed by atoms with E-state index in [4.69, 9.17) is 11.1 Å². The second-order valence-electron chi connectivity index (χ2n) is 9.54. The first kappa shape index (κ1) is 29.0. The van der Waals surface area contributed by atoms with Gasteiger partial charge in [-0.3, -0.25) is 25.0 Å². The third kappa shape index (κ3) is 8.24. The zero-order chi connectivity index (χ0) is 29.3. The number of carbonyl (C=O) groups excluding carboxylic acids is 2. The molecule has 0 saturated heterocycles. The molecule has 3 heterocycles. The summed E-state index contributed by atoms with van der Waals surface area (Å²) in [6, 6.07) is 19.1. The molecule has 0 aliphatic rings. The van der Waals surface area contributed by atoms with E-state index in [0.29, 0.717) is 23.0 Å². The van der Waals surface area contributed by atoms with Crippen molar-refractivity contribution < 1.29 is 9.59 Å². The maximum atomic E-state index is 12.5. The van der Waals surface area contributed by atoms with Gasteiger partial charge in [0.2, 0.25) is 11.0 Å². The van der Waals surface area contributed by atoms with E-state index in [1.54, 1.807) is 12.4 Å². The number of benzene rings is 2. The highest BCUT2D eigenvalue weighted by Crippen LogP contribution is 2.20. The summed E-state index contributed by atoms with van der Waals surface area (Å²) >= 11 is 2.35. The van der Waals surface area contributed by atoms with Crippen LogP contribution in [-0.2, 0) is 28.9 Å². The van der Waals surface area contributed by atoms with Gasteiger partial charge < -0.3 is 11.1 Å². The van der Waals surface area contributed by atoms with Gasteiger partial charge in [0.05, 0.1) is 28.9 Å². The number of unbranched alkanes of at least 4 members (excludes halogenated alkanes) is 1. The molecule has 0 fully saturated rings. The number of aromatic nitrogens is 4. The molecule has 212 valence electrons. The zero-order valence-electron chi connectivity index (χ0n) is 22.6. The highest BCUT2D eigenvalue weighted by Gasteiger charge is 2.11. The van der Waals surface area contributed by atoms with Crippen LogP contribution in [0.3, 0.4) is 0 Å². The fourth-order valence-corrected chi connectivity index (χ4v) is 5.77. The maximum absolute atomic E-state index is 12.5. The lowest BCUT2D eigenvalue weighted by Crippen LogP contribution is -2.14. The minimum atomic E-state index is -0.357. The molecule has 0 spiro atoms. The van der Waals surface area contributed by atoms with Crippen molar-refractivity contribution in [2.24, 2.45) is 10.7 Å². The SMILES string of the molecule is N=C(CCCCc1nnc(NC(=O)Cc2ccc3ncccc3c2)s1)SC(N)=NC(=O)Cc1ccc2ncccc2c1. The standard InChI is InChI=1S/C30H28N8O2S2/c31-25(41-29(32)35-26(39)17-19-9-11-23-21(15-19)5-3-13-33-23)7-1-2-8-28-37-38-30(42-28)36-27(40)18-20-10-12-24-22(16-20)6-4-14-34-24/h3-6,9-16,31H,1-2,7-8,17-18H2,(H2,32,35,39)(H,36,38,40). The second-order valence-corrected chi connectivity index (χ2v) is 11.7. The van der Waals surface area contributed by atoms with Crippen molar-refractivity contribution >= 4 is 72.1 Å². The number of carbonyl (C=O) groups is 2. The molecule has 10 nitrogen and oxygen atoms in total. The number of pyridine rings is 2. The summed E-state index contributed by atoms with van der Waals surface area (Å²) in [5, 5.41) is 22.9. The molecule has 2 aromatic carbocycles. The van der Waals surface area contributed by atoms with E-state index in [2.05, 4.69) is 30.5 Å². The van der Waals surface area contributed by atoms with E-state index in [0.717, 1.165) is 62.5 Å². The zero-order valence-corrected chi connectivity index (χ0v) is 24.3. The van der Waals surface area contributed by atoms with Crippen molar-refractivity contribution in [3.05, 3.63) is 89.2 Å². The summed E-state index contributed by atoms with van der Waals surface area (Å²) in [4.78, 5) is 37.4. The molecular formula is C30H28N8O2S2. The number of aliphatic imine (C=N–C) groups is 1. The Morgan fingerprint density at radius 1 is 0.905 bits per heavy atom. The Labute approximate surface area is 250 Å². The molecule has 5 rings (SSSR count). The van der Waals surface area contributed by atoms with E-state index >= 15 is 0 Å². The Morgan fingerprint density at radius 3 is 2.26 bits per heavy atom. The number of hydrogen-bond donors (Lipinski definition) is 3. The number of fused-ring (bicyclic) bond motifs is 2. The normalized spacial score (nSPS) is 11.6. The van der Waals surface area contributed by atoms with Crippen LogP contribution >= 0.6 is 23.1 Å². The summed E-state index contributed by atoms with van der Waals surface area (Å²) in [6.45, 7) is 0. The van der Waals surface area contributed by atoms with Crippen LogP contribution in [0.1, 0.15) is 35.4 Å².